The number of carbonyl (C=O) groups is 1. The molecule has 2 aromatic carbocycles. The van der Waals surface area contributed by atoms with E-state index in [1.807, 2.05) is 24.3 Å². The molecule has 3 rings (SSSR count). The Morgan fingerprint density at radius 3 is 2.60 bits per heavy atom. The maximum atomic E-state index is 11.0. The molecule has 0 saturated heterocycles. The highest BCUT2D eigenvalue weighted by Crippen LogP contribution is 2.37. The smallest absolute Gasteiger partial charge is 0.150 e. The Kier molecular flexibility index (Phi) is 1.72. The number of benzene rings is 2. The molecular weight excluding hydrogens is 184 g/mol. The van der Waals surface area contributed by atoms with E-state index in [2.05, 4.69) is 18.2 Å². The van der Waals surface area contributed by atoms with Gasteiger partial charge in [0.25, 0.3) is 0 Å². The van der Waals surface area contributed by atoms with Gasteiger partial charge in [-0.25, -0.2) is 0 Å². The molecule has 0 unspecified atom stereocenters. The van der Waals surface area contributed by atoms with Gasteiger partial charge in [0, 0.05) is 5.56 Å². The maximum Gasteiger partial charge on any atom is 0.150 e. The highest BCUT2D eigenvalue weighted by atomic mass is 16.1. The zero-order valence-electron chi connectivity index (χ0n) is 8.23. The molecule has 0 radical (unpaired) electrons. The van der Waals surface area contributed by atoms with Gasteiger partial charge in [-0.3, -0.25) is 4.79 Å². The topological polar surface area (TPSA) is 17.1 Å². The molecule has 0 N–H and O–H groups in total. The van der Waals surface area contributed by atoms with Crippen LogP contribution in [0.15, 0.2) is 42.5 Å². The summed E-state index contributed by atoms with van der Waals surface area (Å²) in [4.78, 5) is 11.0. The van der Waals surface area contributed by atoms with E-state index >= 15 is 0 Å². The fourth-order valence-electron chi connectivity index (χ4n) is 2.32. The van der Waals surface area contributed by atoms with Crippen molar-refractivity contribution in [2.75, 3.05) is 0 Å². The second-order valence-corrected chi connectivity index (χ2v) is 3.83. The predicted octanol–water partition coefficient (Wildman–Crippen LogP) is 3.07. The van der Waals surface area contributed by atoms with Gasteiger partial charge >= 0.3 is 0 Å². The quantitative estimate of drug-likeness (QED) is 0.544. The molecule has 0 aromatic heterocycles. The maximum absolute atomic E-state index is 11.0. The molecule has 1 heteroatoms. The second kappa shape index (κ2) is 3.06. The lowest BCUT2D eigenvalue weighted by Crippen LogP contribution is -1.87. The first kappa shape index (κ1) is 8.42. The van der Waals surface area contributed by atoms with E-state index in [9.17, 15) is 4.79 Å². The third-order valence-corrected chi connectivity index (χ3v) is 2.98. The molecule has 0 heterocycles. The Bertz CT molecular complexity index is 541. The fraction of sp³-hybridized carbons (Fsp3) is 0.0714. The van der Waals surface area contributed by atoms with Crippen LogP contribution in [0.4, 0.5) is 0 Å². The molecule has 1 aliphatic rings. The van der Waals surface area contributed by atoms with Crippen LogP contribution < -0.4 is 0 Å². The van der Waals surface area contributed by atoms with E-state index in [-0.39, 0.29) is 0 Å². The monoisotopic (exact) mass is 194 g/mol. The summed E-state index contributed by atoms with van der Waals surface area (Å²) in [6.45, 7) is 0. The van der Waals surface area contributed by atoms with Gasteiger partial charge in [0.1, 0.15) is 0 Å². The molecule has 0 amide bonds. The minimum Gasteiger partial charge on any atom is -0.298 e. The van der Waals surface area contributed by atoms with E-state index in [0.717, 1.165) is 23.8 Å². The summed E-state index contributed by atoms with van der Waals surface area (Å²) in [6, 6.07) is 14.2. The Labute approximate surface area is 88.4 Å². The van der Waals surface area contributed by atoms with E-state index < -0.39 is 0 Å². The highest BCUT2D eigenvalue weighted by Gasteiger charge is 2.19. The lowest BCUT2D eigenvalue weighted by atomic mass is 10.0. The van der Waals surface area contributed by atoms with E-state index in [1.165, 1.54) is 16.7 Å². The van der Waals surface area contributed by atoms with Crippen molar-refractivity contribution < 1.29 is 4.79 Å². The minimum atomic E-state index is 0.803. The molecule has 15 heavy (non-hydrogen) atoms. The molecule has 1 nitrogen and oxygen atoms in total. The first-order chi connectivity index (χ1) is 7.40. The van der Waals surface area contributed by atoms with Crippen molar-refractivity contribution >= 4 is 6.29 Å². The van der Waals surface area contributed by atoms with Crippen molar-refractivity contribution in [2.45, 2.75) is 6.42 Å². The standard InChI is InChI=1S/C14H10O/c15-9-12-6-3-5-11-8-10-4-1-2-7-13(10)14(11)12/h1-7,9H,8H2. The number of fused-ring (bicyclic) bond motifs is 3. The molecule has 0 aliphatic heterocycles. The highest BCUT2D eigenvalue weighted by molar-refractivity contribution is 5.92. The number of aldehydes is 1. The number of hydrogen-bond donors (Lipinski definition) is 0. The van der Waals surface area contributed by atoms with Gasteiger partial charge in [-0.1, -0.05) is 42.5 Å². The van der Waals surface area contributed by atoms with Crippen molar-refractivity contribution in [2.24, 2.45) is 0 Å². The average molecular weight is 194 g/mol. The summed E-state index contributed by atoms with van der Waals surface area (Å²) in [5, 5.41) is 0. The van der Waals surface area contributed by atoms with Gasteiger partial charge in [0.05, 0.1) is 0 Å². The lowest BCUT2D eigenvalue weighted by molar-refractivity contribution is 0.112. The predicted molar refractivity (Wildman–Crippen MR) is 60.1 cm³/mol. The Morgan fingerprint density at radius 1 is 0.933 bits per heavy atom. The number of carbonyl (C=O) groups excluding carboxylic acids is 1. The van der Waals surface area contributed by atoms with Gasteiger partial charge in [0.2, 0.25) is 0 Å². The summed E-state index contributed by atoms with van der Waals surface area (Å²) in [6.07, 6.45) is 1.90. The van der Waals surface area contributed by atoms with Crippen LogP contribution in [0.1, 0.15) is 21.5 Å². The van der Waals surface area contributed by atoms with E-state index in [4.69, 9.17) is 0 Å². The summed E-state index contributed by atoms with van der Waals surface area (Å²) >= 11 is 0. The molecule has 1 aliphatic carbocycles. The van der Waals surface area contributed by atoms with Crippen LogP contribution in [0.2, 0.25) is 0 Å². The number of rotatable bonds is 1. The molecule has 0 saturated carbocycles. The van der Waals surface area contributed by atoms with Gasteiger partial charge in [-0.15, -0.1) is 0 Å². The molecule has 2 aromatic rings. The summed E-state index contributed by atoms with van der Waals surface area (Å²) in [5.74, 6) is 0. The van der Waals surface area contributed by atoms with Crippen LogP contribution in [0.3, 0.4) is 0 Å². The molecule has 0 fully saturated rings. The SMILES string of the molecule is O=Cc1cccc2c1-c1ccccc1C2. The average Bonchev–Trinajstić information content (AvgIpc) is 2.67. The van der Waals surface area contributed by atoms with Gasteiger partial charge in [-0.2, -0.15) is 0 Å². The Hall–Kier alpha value is -1.89. The molecule has 72 valence electrons. The van der Waals surface area contributed by atoms with E-state index in [0.29, 0.717) is 0 Å². The van der Waals surface area contributed by atoms with Crippen molar-refractivity contribution in [3.05, 3.63) is 59.2 Å². The molecular formula is C14H10O. The fourth-order valence-corrected chi connectivity index (χ4v) is 2.32. The van der Waals surface area contributed by atoms with Gasteiger partial charge in [0.15, 0.2) is 6.29 Å². The first-order valence-corrected chi connectivity index (χ1v) is 5.05. The largest absolute Gasteiger partial charge is 0.298 e. The van der Waals surface area contributed by atoms with Crippen molar-refractivity contribution in [1.82, 2.24) is 0 Å². The molecule has 0 spiro atoms. The summed E-state index contributed by atoms with van der Waals surface area (Å²) in [7, 11) is 0. The Morgan fingerprint density at radius 2 is 1.73 bits per heavy atom. The van der Waals surface area contributed by atoms with Crippen molar-refractivity contribution in [1.29, 1.82) is 0 Å². The molecule has 0 bridgehead atoms. The van der Waals surface area contributed by atoms with Crippen LogP contribution in [0.25, 0.3) is 11.1 Å². The number of hydrogen-bond acceptors (Lipinski definition) is 1. The van der Waals surface area contributed by atoms with Gasteiger partial charge in [-0.05, 0) is 28.7 Å². The van der Waals surface area contributed by atoms with Gasteiger partial charge < -0.3 is 0 Å². The summed E-state index contributed by atoms with van der Waals surface area (Å²) in [5.41, 5.74) is 5.73. The third kappa shape index (κ3) is 1.13. The van der Waals surface area contributed by atoms with Crippen LogP contribution in [0.5, 0.6) is 0 Å². The second-order valence-electron chi connectivity index (χ2n) is 3.83. The van der Waals surface area contributed by atoms with Crippen LogP contribution in [0, 0.1) is 0 Å². The van der Waals surface area contributed by atoms with Crippen molar-refractivity contribution in [3.8, 4) is 11.1 Å². The normalized spacial score (nSPS) is 12.0. The Balaban J connectivity index is 2.35. The zero-order valence-corrected chi connectivity index (χ0v) is 8.23. The third-order valence-electron chi connectivity index (χ3n) is 2.98. The van der Waals surface area contributed by atoms with Crippen LogP contribution in [-0.2, 0) is 6.42 Å². The van der Waals surface area contributed by atoms with Crippen LogP contribution >= 0.6 is 0 Å². The van der Waals surface area contributed by atoms with Crippen molar-refractivity contribution in [3.63, 3.8) is 0 Å². The lowest BCUT2D eigenvalue weighted by Gasteiger charge is -2.03. The minimum absolute atomic E-state index is 0.803. The first-order valence-electron chi connectivity index (χ1n) is 5.05. The van der Waals surface area contributed by atoms with Crippen LogP contribution in [-0.4, -0.2) is 6.29 Å². The van der Waals surface area contributed by atoms with E-state index in [1.54, 1.807) is 0 Å². The zero-order chi connectivity index (χ0) is 10.3. The molecule has 0 atom stereocenters. The summed E-state index contributed by atoms with van der Waals surface area (Å²) < 4.78 is 0.